The number of benzene rings is 1. The summed E-state index contributed by atoms with van der Waals surface area (Å²) in [5, 5.41) is 21.5. The Hall–Kier alpha value is -1.13. The summed E-state index contributed by atoms with van der Waals surface area (Å²) in [6.45, 7) is 0. The van der Waals surface area contributed by atoms with Crippen LogP contribution >= 0.6 is 11.6 Å². The van der Waals surface area contributed by atoms with Gasteiger partial charge in [-0.25, -0.2) is 0 Å². The van der Waals surface area contributed by atoms with Crippen molar-refractivity contribution in [3.63, 3.8) is 0 Å². The predicted octanol–water partition coefficient (Wildman–Crippen LogP) is 3.73. The standard InChI is InChI=1S/C14H18ClNO3/c15-12-7-6-10(13(9-12)16(18)19)8-11-4-2-1-3-5-14(11)17/h6-7,9,11,14,17H,1-5,8H2. The van der Waals surface area contributed by atoms with Crippen LogP contribution in [0.3, 0.4) is 0 Å². The summed E-state index contributed by atoms with van der Waals surface area (Å²) >= 11 is 5.80. The van der Waals surface area contributed by atoms with Gasteiger partial charge in [-0.15, -0.1) is 0 Å². The third kappa shape index (κ3) is 3.67. The van der Waals surface area contributed by atoms with E-state index in [9.17, 15) is 15.2 Å². The van der Waals surface area contributed by atoms with Gasteiger partial charge in [-0.1, -0.05) is 36.9 Å². The fourth-order valence-corrected chi connectivity index (χ4v) is 2.93. The second-order valence-corrected chi connectivity index (χ2v) is 5.64. The van der Waals surface area contributed by atoms with Crippen molar-refractivity contribution in [2.75, 3.05) is 0 Å². The maximum absolute atomic E-state index is 11.0. The molecule has 5 heteroatoms. The lowest BCUT2D eigenvalue weighted by Crippen LogP contribution is -2.21. The molecular weight excluding hydrogens is 266 g/mol. The fraction of sp³-hybridized carbons (Fsp3) is 0.571. The largest absolute Gasteiger partial charge is 0.393 e. The molecule has 0 bridgehead atoms. The van der Waals surface area contributed by atoms with Crippen LogP contribution in [0.1, 0.15) is 37.7 Å². The minimum absolute atomic E-state index is 0.0592. The van der Waals surface area contributed by atoms with E-state index in [2.05, 4.69) is 0 Å². The minimum atomic E-state index is -0.399. The van der Waals surface area contributed by atoms with Crippen molar-refractivity contribution in [2.24, 2.45) is 5.92 Å². The maximum Gasteiger partial charge on any atom is 0.274 e. The van der Waals surface area contributed by atoms with Gasteiger partial charge in [-0.3, -0.25) is 10.1 Å². The molecule has 2 unspecified atom stereocenters. The summed E-state index contributed by atoms with van der Waals surface area (Å²) in [7, 11) is 0. The topological polar surface area (TPSA) is 63.4 Å². The van der Waals surface area contributed by atoms with E-state index in [0.29, 0.717) is 17.0 Å². The summed E-state index contributed by atoms with van der Waals surface area (Å²) in [5.74, 6) is 0.113. The number of aliphatic hydroxyl groups is 1. The first-order chi connectivity index (χ1) is 9.08. The van der Waals surface area contributed by atoms with E-state index in [0.717, 1.165) is 32.1 Å². The molecule has 1 fully saturated rings. The molecule has 1 aliphatic carbocycles. The number of hydrogen-bond acceptors (Lipinski definition) is 3. The summed E-state index contributed by atoms with van der Waals surface area (Å²) in [4.78, 5) is 10.7. The third-order valence-corrected chi connectivity index (χ3v) is 4.08. The Bertz CT molecular complexity index is 464. The number of aliphatic hydroxyl groups excluding tert-OH is 1. The second kappa shape index (κ2) is 6.35. The summed E-state index contributed by atoms with van der Waals surface area (Å²) in [5.41, 5.74) is 0.726. The highest BCUT2D eigenvalue weighted by molar-refractivity contribution is 6.30. The molecule has 0 aromatic heterocycles. The van der Waals surface area contributed by atoms with Crippen LogP contribution in [0.4, 0.5) is 5.69 Å². The van der Waals surface area contributed by atoms with Crippen LogP contribution < -0.4 is 0 Å². The van der Waals surface area contributed by atoms with E-state index in [1.807, 2.05) is 0 Å². The zero-order valence-electron chi connectivity index (χ0n) is 10.7. The van der Waals surface area contributed by atoms with Crippen molar-refractivity contribution in [1.82, 2.24) is 0 Å². The van der Waals surface area contributed by atoms with E-state index in [1.54, 1.807) is 12.1 Å². The van der Waals surface area contributed by atoms with E-state index < -0.39 is 4.92 Å². The Morgan fingerprint density at radius 1 is 1.32 bits per heavy atom. The lowest BCUT2D eigenvalue weighted by atomic mass is 9.89. The Morgan fingerprint density at radius 2 is 2.05 bits per heavy atom. The van der Waals surface area contributed by atoms with Gasteiger partial charge < -0.3 is 5.11 Å². The Kier molecular flexibility index (Phi) is 4.77. The van der Waals surface area contributed by atoms with Crippen LogP contribution in [-0.4, -0.2) is 16.1 Å². The van der Waals surface area contributed by atoms with Gasteiger partial charge in [0, 0.05) is 16.7 Å². The number of hydrogen-bond donors (Lipinski definition) is 1. The molecular formula is C14H18ClNO3. The molecule has 0 spiro atoms. The molecule has 2 rings (SSSR count). The number of halogens is 1. The molecule has 19 heavy (non-hydrogen) atoms. The highest BCUT2D eigenvalue weighted by atomic mass is 35.5. The molecule has 1 aliphatic rings. The number of nitro benzene ring substituents is 1. The van der Waals surface area contributed by atoms with E-state index in [-0.39, 0.29) is 17.7 Å². The van der Waals surface area contributed by atoms with Crippen LogP contribution in [0.2, 0.25) is 5.02 Å². The van der Waals surface area contributed by atoms with Gasteiger partial charge in [0.05, 0.1) is 11.0 Å². The molecule has 1 aromatic rings. The molecule has 0 aliphatic heterocycles. The van der Waals surface area contributed by atoms with Crippen molar-refractivity contribution in [3.05, 3.63) is 38.9 Å². The quantitative estimate of drug-likeness (QED) is 0.522. The highest BCUT2D eigenvalue weighted by Gasteiger charge is 2.25. The van der Waals surface area contributed by atoms with Gasteiger partial charge in [0.1, 0.15) is 0 Å². The highest BCUT2D eigenvalue weighted by Crippen LogP contribution is 2.31. The lowest BCUT2D eigenvalue weighted by Gasteiger charge is -2.20. The Balaban J connectivity index is 2.19. The molecule has 1 aromatic carbocycles. The molecule has 1 saturated carbocycles. The van der Waals surface area contributed by atoms with Gasteiger partial charge in [0.2, 0.25) is 0 Å². The molecule has 2 atom stereocenters. The number of nitrogens with zero attached hydrogens (tertiary/aromatic N) is 1. The Morgan fingerprint density at radius 3 is 2.79 bits per heavy atom. The monoisotopic (exact) mass is 283 g/mol. The first-order valence-electron chi connectivity index (χ1n) is 6.69. The first kappa shape index (κ1) is 14.3. The van der Waals surface area contributed by atoms with Crippen molar-refractivity contribution in [3.8, 4) is 0 Å². The van der Waals surface area contributed by atoms with Gasteiger partial charge in [0.15, 0.2) is 0 Å². The van der Waals surface area contributed by atoms with Crippen LogP contribution in [0, 0.1) is 16.0 Å². The van der Waals surface area contributed by atoms with E-state index >= 15 is 0 Å². The van der Waals surface area contributed by atoms with Gasteiger partial charge in [0.25, 0.3) is 5.69 Å². The van der Waals surface area contributed by atoms with Gasteiger partial charge >= 0.3 is 0 Å². The molecule has 104 valence electrons. The smallest absolute Gasteiger partial charge is 0.274 e. The van der Waals surface area contributed by atoms with Crippen LogP contribution in [0.25, 0.3) is 0 Å². The Labute approximate surface area is 117 Å². The average Bonchev–Trinajstić information content (AvgIpc) is 2.57. The zero-order chi connectivity index (χ0) is 13.8. The second-order valence-electron chi connectivity index (χ2n) is 5.20. The average molecular weight is 284 g/mol. The zero-order valence-corrected chi connectivity index (χ0v) is 11.5. The van der Waals surface area contributed by atoms with Gasteiger partial charge in [-0.05, 0) is 31.2 Å². The maximum atomic E-state index is 11.0. The SMILES string of the molecule is O=[N+]([O-])c1cc(Cl)ccc1CC1CCCCCC1O. The van der Waals surface area contributed by atoms with Crippen LogP contribution in [0.15, 0.2) is 18.2 Å². The summed E-state index contributed by atoms with van der Waals surface area (Å²) < 4.78 is 0. The number of nitro groups is 1. The van der Waals surface area contributed by atoms with Crippen LogP contribution in [-0.2, 0) is 6.42 Å². The van der Waals surface area contributed by atoms with Crippen LogP contribution in [0.5, 0.6) is 0 Å². The molecule has 4 nitrogen and oxygen atoms in total. The molecule has 0 heterocycles. The lowest BCUT2D eigenvalue weighted by molar-refractivity contribution is -0.385. The van der Waals surface area contributed by atoms with Crippen molar-refractivity contribution >= 4 is 17.3 Å². The van der Waals surface area contributed by atoms with E-state index in [4.69, 9.17) is 11.6 Å². The third-order valence-electron chi connectivity index (χ3n) is 3.85. The molecule has 0 radical (unpaired) electrons. The normalized spacial score (nSPS) is 23.9. The van der Waals surface area contributed by atoms with Gasteiger partial charge in [-0.2, -0.15) is 0 Å². The predicted molar refractivity (Wildman–Crippen MR) is 74.4 cm³/mol. The van der Waals surface area contributed by atoms with Crippen molar-refractivity contribution in [1.29, 1.82) is 0 Å². The molecule has 0 amide bonds. The summed E-state index contributed by atoms with van der Waals surface area (Å²) in [6, 6.07) is 4.77. The van der Waals surface area contributed by atoms with E-state index in [1.165, 1.54) is 6.07 Å². The van der Waals surface area contributed by atoms with Crippen molar-refractivity contribution in [2.45, 2.75) is 44.6 Å². The van der Waals surface area contributed by atoms with Crippen molar-refractivity contribution < 1.29 is 10.0 Å². The molecule has 0 saturated heterocycles. The number of rotatable bonds is 3. The molecule has 1 N–H and O–H groups in total. The minimum Gasteiger partial charge on any atom is -0.393 e. The first-order valence-corrected chi connectivity index (χ1v) is 7.06. The fourth-order valence-electron chi connectivity index (χ4n) is 2.77. The summed E-state index contributed by atoms with van der Waals surface area (Å²) in [6.07, 6.45) is 5.19.